The Morgan fingerprint density at radius 1 is 1.50 bits per heavy atom. The quantitative estimate of drug-likeness (QED) is 0.421. The van der Waals surface area contributed by atoms with Crippen LogP contribution in [0.15, 0.2) is 0 Å². The highest BCUT2D eigenvalue weighted by molar-refractivity contribution is 8.05. The predicted octanol–water partition coefficient (Wildman–Crippen LogP) is 1.49. The third kappa shape index (κ3) is 4.62. The lowest BCUT2D eigenvalue weighted by Gasteiger charge is -1.87. The molecular formula is C2H6O2S2. The van der Waals surface area contributed by atoms with Crippen molar-refractivity contribution in [3.05, 3.63) is 0 Å². The van der Waals surface area contributed by atoms with Crippen LogP contribution in [0.2, 0.25) is 0 Å². The summed E-state index contributed by atoms with van der Waals surface area (Å²) in [5.74, 6) is 0. The smallest absolute Gasteiger partial charge is 0.171 e. The molecule has 38 valence electrons. The van der Waals surface area contributed by atoms with Gasteiger partial charge in [0, 0.05) is 18.3 Å². The molecule has 0 atom stereocenters. The van der Waals surface area contributed by atoms with Crippen molar-refractivity contribution in [1.29, 1.82) is 0 Å². The minimum absolute atomic E-state index is 0.971. The van der Waals surface area contributed by atoms with Gasteiger partial charge in [-0.15, -0.1) is 0 Å². The van der Waals surface area contributed by atoms with Crippen LogP contribution in [0, 0.1) is 0 Å². The van der Waals surface area contributed by atoms with Crippen molar-refractivity contribution in [3.63, 3.8) is 0 Å². The topological polar surface area (TPSA) is 18.5 Å². The molecule has 0 radical (unpaired) electrons. The van der Waals surface area contributed by atoms with Crippen LogP contribution in [0.25, 0.3) is 0 Å². The maximum atomic E-state index is 4.59. The van der Waals surface area contributed by atoms with Crippen molar-refractivity contribution >= 4 is 24.4 Å². The zero-order valence-corrected chi connectivity index (χ0v) is 5.27. The molecule has 0 unspecified atom stereocenters. The van der Waals surface area contributed by atoms with Crippen LogP contribution in [0.4, 0.5) is 0 Å². The third-order valence-electron chi connectivity index (χ3n) is 0.164. The zero-order chi connectivity index (χ0) is 4.83. The molecule has 0 aromatic carbocycles. The summed E-state index contributed by atoms with van der Waals surface area (Å²) >= 11 is 2.24. The van der Waals surface area contributed by atoms with E-state index in [2.05, 4.69) is 7.81 Å². The molecule has 0 heterocycles. The van der Waals surface area contributed by atoms with Crippen LogP contribution < -0.4 is 0 Å². The van der Waals surface area contributed by atoms with Gasteiger partial charge in [-0.2, -0.15) is 0 Å². The minimum Gasteiger partial charge on any atom is -0.294 e. The molecule has 0 N–H and O–H groups in total. The highest BCUT2D eigenvalue weighted by Crippen LogP contribution is 2.09. The molecule has 0 fully saturated rings. The number of hydrogen-bond donors (Lipinski definition) is 0. The normalized spacial score (nSPS) is 9.00. The van der Waals surface area contributed by atoms with E-state index in [0.29, 0.717) is 0 Å². The molecule has 0 bridgehead atoms. The van der Waals surface area contributed by atoms with Crippen molar-refractivity contribution in [2.75, 3.05) is 13.4 Å². The monoisotopic (exact) mass is 126 g/mol. The standard InChI is InChI=1S/C2H6O2S2/c1-3-6-4-5-2/h1-2H3. The van der Waals surface area contributed by atoms with E-state index in [4.69, 9.17) is 0 Å². The first-order valence-electron chi connectivity index (χ1n) is 1.32. The van der Waals surface area contributed by atoms with Gasteiger partial charge in [-0.1, -0.05) is 0 Å². The summed E-state index contributed by atoms with van der Waals surface area (Å²) in [5.41, 5.74) is 0. The van der Waals surface area contributed by atoms with E-state index < -0.39 is 0 Å². The van der Waals surface area contributed by atoms with Gasteiger partial charge in [-0.05, 0) is 0 Å². The first-order valence-corrected chi connectivity index (χ1v) is 3.13. The summed E-state index contributed by atoms with van der Waals surface area (Å²) in [6.07, 6.45) is 1.83. The van der Waals surface area contributed by atoms with Crippen LogP contribution in [0.3, 0.4) is 0 Å². The summed E-state index contributed by atoms with van der Waals surface area (Å²) in [6, 6.07) is 0. The summed E-state index contributed by atoms with van der Waals surface area (Å²) in [5, 5.41) is 0. The molecule has 0 aromatic rings. The Morgan fingerprint density at radius 3 is 2.33 bits per heavy atom. The minimum atomic E-state index is 0.971. The maximum Gasteiger partial charge on any atom is 0.171 e. The lowest BCUT2D eigenvalue weighted by atomic mass is 11.8. The number of rotatable bonds is 3. The Kier molecular flexibility index (Phi) is 6.20. The predicted molar refractivity (Wildman–Crippen MR) is 29.2 cm³/mol. The Balaban J connectivity index is 2.34. The summed E-state index contributed by atoms with van der Waals surface area (Å²) in [6.45, 7) is 0. The highest BCUT2D eigenvalue weighted by Gasteiger charge is 1.75. The first-order chi connectivity index (χ1) is 2.91. The van der Waals surface area contributed by atoms with E-state index in [9.17, 15) is 0 Å². The highest BCUT2D eigenvalue weighted by atomic mass is 32.2. The largest absolute Gasteiger partial charge is 0.294 e. The average molecular weight is 126 g/mol. The fourth-order valence-electron chi connectivity index (χ4n) is 0.0556. The van der Waals surface area contributed by atoms with Crippen molar-refractivity contribution < 1.29 is 7.81 Å². The van der Waals surface area contributed by atoms with Crippen LogP contribution in [0.5, 0.6) is 0 Å². The lowest BCUT2D eigenvalue weighted by Crippen LogP contribution is -1.62. The molecule has 2 nitrogen and oxygen atoms in total. The second-order valence-electron chi connectivity index (χ2n) is 0.469. The molecular weight excluding hydrogens is 120 g/mol. The Hall–Kier alpha value is 0.620. The molecule has 0 spiro atoms. The van der Waals surface area contributed by atoms with Gasteiger partial charge in [0.1, 0.15) is 0 Å². The fraction of sp³-hybridized carbons (Fsp3) is 1.00. The van der Waals surface area contributed by atoms with Crippen molar-refractivity contribution in [1.82, 2.24) is 0 Å². The third-order valence-corrected chi connectivity index (χ3v) is 1.07. The summed E-state index contributed by atoms with van der Waals surface area (Å²) in [7, 11) is 1.56. The number of hydrogen-bond acceptors (Lipinski definition) is 4. The summed E-state index contributed by atoms with van der Waals surface area (Å²) in [4.78, 5) is 0. The van der Waals surface area contributed by atoms with Gasteiger partial charge in [-0.25, -0.2) is 3.63 Å². The fourth-order valence-corrected chi connectivity index (χ4v) is 0.500. The van der Waals surface area contributed by atoms with Crippen molar-refractivity contribution in [2.24, 2.45) is 0 Å². The van der Waals surface area contributed by atoms with Gasteiger partial charge in [0.25, 0.3) is 0 Å². The molecule has 6 heavy (non-hydrogen) atoms. The molecule has 4 heteroatoms. The summed E-state index contributed by atoms with van der Waals surface area (Å²) < 4.78 is 9.05. The van der Waals surface area contributed by atoms with Crippen molar-refractivity contribution in [3.8, 4) is 0 Å². The van der Waals surface area contributed by atoms with Crippen LogP contribution in [-0.4, -0.2) is 13.4 Å². The van der Waals surface area contributed by atoms with Gasteiger partial charge >= 0.3 is 0 Å². The van der Waals surface area contributed by atoms with Gasteiger partial charge in [-0.3, -0.25) is 4.18 Å². The molecule has 0 aromatic heterocycles. The molecule has 0 saturated carbocycles. The van der Waals surface area contributed by atoms with E-state index in [1.165, 1.54) is 12.0 Å². The average Bonchev–Trinajstić information content (AvgIpc) is 1.61. The van der Waals surface area contributed by atoms with Gasteiger partial charge in [0.15, 0.2) is 12.3 Å². The van der Waals surface area contributed by atoms with Crippen LogP contribution >= 0.6 is 24.4 Å². The van der Waals surface area contributed by atoms with E-state index in [1.54, 1.807) is 7.11 Å². The van der Waals surface area contributed by atoms with Crippen molar-refractivity contribution in [2.45, 2.75) is 0 Å². The molecule has 0 aliphatic heterocycles. The van der Waals surface area contributed by atoms with E-state index in [0.717, 1.165) is 12.3 Å². The molecule has 0 aliphatic carbocycles. The van der Waals surface area contributed by atoms with Crippen LogP contribution in [-0.2, 0) is 7.81 Å². The van der Waals surface area contributed by atoms with E-state index >= 15 is 0 Å². The van der Waals surface area contributed by atoms with Crippen LogP contribution in [0.1, 0.15) is 0 Å². The molecule has 0 rings (SSSR count). The second-order valence-corrected chi connectivity index (χ2v) is 1.82. The first kappa shape index (κ1) is 6.62. The Morgan fingerprint density at radius 2 is 2.17 bits per heavy atom. The van der Waals surface area contributed by atoms with Gasteiger partial charge in [0.05, 0.1) is 7.11 Å². The van der Waals surface area contributed by atoms with E-state index in [1.807, 2.05) is 6.26 Å². The van der Waals surface area contributed by atoms with Gasteiger partial charge in [0.2, 0.25) is 0 Å². The zero-order valence-electron chi connectivity index (χ0n) is 3.63. The lowest BCUT2D eigenvalue weighted by molar-refractivity contribution is 0.453. The maximum absolute atomic E-state index is 4.59. The Bertz CT molecular complexity index is 21.5. The SMILES string of the molecule is COSOSC. The molecule has 0 saturated heterocycles. The van der Waals surface area contributed by atoms with E-state index in [-0.39, 0.29) is 0 Å². The molecule has 0 amide bonds. The molecule has 0 aliphatic rings. The Labute approximate surface area is 46.2 Å². The van der Waals surface area contributed by atoms with Gasteiger partial charge < -0.3 is 0 Å². The second kappa shape index (κ2) is 5.62.